The maximum atomic E-state index is 7.14. The lowest BCUT2D eigenvalue weighted by atomic mass is 10.3. The van der Waals surface area contributed by atoms with Gasteiger partial charge in [0.2, 0.25) is 0 Å². The third-order valence-corrected chi connectivity index (χ3v) is 18.9. The molecule has 1 heterocycles. The van der Waals surface area contributed by atoms with E-state index in [9.17, 15) is 0 Å². The molecule has 0 spiro atoms. The van der Waals surface area contributed by atoms with Gasteiger partial charge in [0.15, 0.2) is 0 Å². The Hall–Kier alpha value is -1.84. The highest BCUT2D eigenvalue weighted by atomic mass is 35.9. The summed E-state index contributed by atoms with van der Waals surface area (Å²) < 4.78 is 43.3. The first-order valence-electron chi connectivity index (χ1n) is 11.5. The maximum absolute atomic E-state index is 7.14. The minimum Gasteiger partial charge on any atom is -0.431 e. The van der Waals surface area contributed by atoms with Crippen LogP contribution in [-0.4, -0.2) is 0 Å². The summed E-state index contributed by atoms with van der Waals surface area (Å²) in [6.45, 7) is -7.58. The molecule has 4 aromatic carbocycles. The van der Waals surface area contributed by atoms with Crippen molar-refractivity contribution in [3.8, 4) is 23.0 Å². The molecular weight excluding hydrogens is 674 g/mol. The smallest absolute Gasteiger partial charge is 0.431 e. The number of halogens is 4. The monoisotopic (exact) mass is 692 g/mol. The van der Waals surface area contributed by atoms with Gasteiger partial charge in [0.05, 0.1) is 0 Å². The van der Waals surface area contributed by atoms with Crippen LogP contribution in [0.2, 0.25) is 0 Å². The molecule has 8 nitrogen and oxygen atoms in total. The molecule has 16 heteroatoms. The van der Waals surface area contributed by atoms with E-state index in [1.807, 2.05) is 24.3 Å². The molecule has 0 fully saturated rings. The van der Waals surface area contributed by atoms with Crippen molar-refractivity contribution in [2.75, 3.05) is 0 Å². The van der Waals surface area contributed by atoms with Crippen molar-refractivity contribution in [1.29, 1.82) is 0 Å². The van der Waals surface area contributed by atoms with E-state index < -0.39 is 27.1 Å². The van der Waals surface area contributed by atoms with Crippen molar-refractivity contribution in [3.63, 3.8) is 0 Å². The van der Waals surface area contributed by atoms with Crippen LogP contribution in [0.1, 0.15) is 0 Å². The van der Waals surface area contributed by atoms with Crippen LogP contribution in [0.5, 0.6) is 23.0 Å². The molecule has 208 valence electrons. The van der Waals surface area contributed by atoms with Gasteiger partial charge in [-0.3, -0.25) is 0 Å². The van der Waals surface area contributed by atoms with E-state index >= 15 is 0 Å². The molecule has 1 aliphatic heterocycles. The molecule has 4 aromatic rings. The van der Waals surface area contributed by atoms with Gasteiger partial charge in [-0.2, -0.15) is 4.52 Å². The molecule has 2 atom stereocenters. The molecule has 40 heavy (non-hydrogen) atoms. The molecule has 0 saturated heterocycles. The van der Waals surface area contributed by atoms with Gasteiger partial charge in [0.25, 0.3) is 5.91 Å². The Morgan fingerprint density at radius 1 is 0.375 bits per heavy atom. The fraction of sp³-hybridized carbons (Fsp3) is 0. The van der Waals surface area contributed by atoms with Crippen LogP contribution in [0.25, 0.3) is 0 Å². The molecule has 0 bridgehead atoms. The second-order valence-corrected chi connectivity index (χ2v) is 21.2. The zero-order valence-electron chi connectivity index (χ0n) is 20.3. The van der Waals surface area contributed by atoms with E-state index in [1.165, 1.54) is 0 Å². The third-order valence-electron chi connectivity index (χ3n) is 4.75. The molecular formula is C24H20Cl4N4O4P4. The summed E-state index contributed by atoms with van der Waals surface area (Å²) in [6.07, 6.45) is 0. The predicted octanol–water partition coefficient (Wildman–Crippen LogP) is 13.1. The van der Waals surface area contributed by atoms with Gasteiger partial charge in [-0.1, -0.05) is 72.8 Å². The SMILES string of the molecule is ClP1(Cl)=NP(Oc2ccccc2)(Oc2ccccc2)=NP(Cl)(Oc2ccccc2)=NP(Cl)(Oc2ccccc2)=N1. The summed E-state index contributed by atoms with van der Waals surface area (Å²) in [6, 6.07) is 35.1. The molecule has 0 aliphatic carbocycles. The van der Waals surface area contributed by atoms with Crippen LogP contribution >= 0.6 is 72.1 Å². The Balaban J connectivity index is 1.76. The number of hydrogen-bond acceptors (Lipinski definition) is 8. The van der Waals surface area contributed by atoms with Crippen molar-refractivity contribution in [2.24, 2.45) is 18.1 Å². The van der Waals surface area contributed by atoms with E-state index in [1.54, 1.807) is 97.1 Å². The minimum atomic E-state index is -3.88. The second kappa shape index (κ2) is 12.6. The maximum Gasteiger partial charge on any atom is 0.455 e. The summed E-state index contributed by atoms with van der Waals surface area (Å²) in [5.41, 5.74) is 0. The molecule has 0 radical (unpaired) electrons. The molecule has 0 amide bonds. The average molecular weight is 694 g/mol. The first-order chi connectivity index (χ1) is 19.1. The zero-order chi connectivity index (χ0) is 28.1. The van der Waals surface area contributed by atoms with E-state index in [0.29, 0.717) is 23.0 Å². The van der Waals surface area contributed by atoms with Gasteiger partial charge in [0.1, 0.15) is 23.0 Å². The van der Waals surface area contributed by atoms with Crippen molar-refractivity contribution in [1.82, 2.24) is 0 Å². The Morgan fingerprint density at radius 3 is 1.07 bits per heavy atom. The topological polar surface area (TPSA) is 86.4 Å². The van der Waals surface area contributed by atoms with Gasteiger partial charge in [-0.05, 0) is 93.5 Å². The molecule has 0 saturated carbocycles. The van der Waals surface area contributed by atoms with Gasteiger partial charge >= 0.3 is 21.2 Å². The average Bonchev–Trinajstić information content (AvgIpc) is 2.89. The third kappa shape index (κ3) is 8.13. The first-order valence-corrected chi connectivity index (χ1v) is 21.5. The minimum absolute atomic E-state index is 0.372. The lowest BCUT2D eigenvalue weighted by Gasteiger charge is -2.27. The van der Waals surface area contributed by atoms with Crippen LogP contribution < -0.4 is 18.1 Å². The summed E-state index contributed by atoms with van der Waals surface area (Å²) in [5.74, 6) is -2.20. The molecule has 0 aromatic heterocycles. The van der Waals surface area contributed by atoms with Crippen molar-refractivity contribution >= 4 is 72.1 Å². The molecule has 0 N–H and O–H groups in total. The Morgan fingerprint density at radius 2 is 0.700 bits per heavy atom. The van der Waals surface area contributed by atoms with Crippen LogP contribution in [0.15, 0.2) is 139 Å². The lowest BCUT2D eigenvalue weighted by Crippen LogP contribution is -2.01. The van der Waals surface area contributed by atoms with Gasteiger partial charge in [-0.25, -0.2) is 0 Å². The number of rotatable bonds is 8. The van der Waals surface area contributed by atoms with E-state index in [2.05, 4.69) is 13.5 Å². The highest BCUT2D eigenvalue weighted by Gasteiger charge is 2.41. The van der Waals surface area contributed by atoms with E-state index in [4.69, 9.17) is 67.6 Å². The number of para-hydroxylation sites is 4. The van der Waals surface area contributed by atoms with Gasteiger partial charge < -0.3 is 18.1 Å². The second-order valence-electron chi connectivity index (χ2n) is 7.87. The highest BCUT2D eigenvalue weighted by molar-refractivity contribution is 8.14. The van der Waals surface area contributed by atoms with Crippen molar-refractivity contribution < 1.29 is 18.1 Å². The van der Waals surface area contributed by atoms with Gasteiger partial charge in [0, 0.05) is 0 Å². The lowest BCUT2D eigenvalue weighted by molar-refractivity contribution is 0.477. The van der Waals surface area contributed by atoms with Gasteiger partial charge in [-0.15, -0.1) is 13.5 Å². The summed E-state index contributed by atoms with van der Waals surface area (Å²) in [4.78, 5) is 0. The van der Waals surface area contributed by atoms with Crippen molar-refractivity contribution in [3.05, 3.63) is 121 Å². The fourth-order valence-electron chi connectivity index (χ4n) is 3.25. The highest BCUT2D eigenvalue weighted by Crippen LogP contribution is 2.83. The largest absolute Gasteiger partial charge is 0.455 e. The van der Waals surface area contributed by atoms with Crippen LogP contribution in [0.4, 0.5) is 0 Å². The van der Waals surface area contributed by atoms with Crippen molar-refractivity contribution in [2.45, 2.75) is 0 Å². The molecule has 5 rings (SSSR count). The van der Waals surface area contributed by atoms with Crippen LogP contribution in [0, 0.1) is 0 Å². The standard InChI is InChI=1S/C24H20Cl4N4O4P4/c25-37(26)29-38(27,33-21-13-5-1-6-14-21)31-39(28,34-22-15-7-2-8-16-22)32-40(30-37,35-23-17-9-3-10-18-23)36-24-19-11-4-12-20-24/h1-20H. The predicted molar refractivity (Wildman–Crippen MR) is 169 cm³/mol. The summed E-state index contributed by atoms with van der Waals surface area (Å²) in [5, 5.41) is 0. The van der Waals surface area contributed by atoms with E-state index in [-0.39, 0.29) is 0 Å². The normalized spacial score (nSPS) is 22.9. The quantitative estimate of drug-likeness (QED) is 0.172. The molecule has 2 unspecified atom stereocenters. The Bertz CT molecular complexity index is 1650. The Labute approximate surface area is 251 Å². The van der Waals surface area contributed by atoms with Crippen LogP contribution in [-0.2, 0) is 0 Å². The number of nitrogens with zero attached hydrogens (tertiary/aromatic N) is 4. The van der Waals surface area contributed by atoms with Crippen LogP contribution in [0.3, 0.4) is 0 Å². The summed E-state index contributed by atoms with van der Waals surface area (Å²) in [7, 11) is -3.88. The number of hydrogen-bond donors (Lipinski definition) is 0. The first kappa shape index (κ1) is 29.6. The number of benzene rings is 4. The molecule has 1 aliphatic rings. The zero-order valence-corrected chi connectivity index (χ0v) is 26.9. The summed E-state index contributed by atoms with van der Waals surface area (Å²) >= 11 is 27.6. The fourth-order valence-corrected chi connectivity index (χ4v) is 20.1. The Kier molecular flexibility index (Phi) is 9.32. The van der Waals surface area contributed by atoms with E-state index in [0.717, 1.165) is 0 Å².